The number of ether oxygens (including phenoxy) is 1. The summed E-state index contributed by atoms with van der Waals surface area (Å²) in [5, 5.41) is 3.58. The zero-order valence-electron chi connectivity index (χ0n) is 11.7. The molecular weight excluding hydrogens is 212 g/mol. The molecule has 0 bridgehead atoms. The maximum Gasteiger partial charge on any atom is 0.0711 e. The van der Waals surface area contributed by atoms with E-state index in [4.69, 9.17) is 4.74 Å². The van der Waals surface area contributed by atoms with Crippen LogP contribution in [0.15, 0.2) is 0 Å². The van der Waals surface area contributed by atoms with E-state index in [1.165, 1.54) is 45.3 Å². The normalized spacial score (nSPS) is 34.8. The molecule has 2 heterocycles. The van der Waals surface area contributed by atoms with Gasteiger partial charge < -0.3 is 15.0 Å². The van der Waals surface area contributed by atoms with E-state index in [-0.39, 0.29) is 0 Å². The second-order valence-electron chi connectivity index (χ2n) is 6.52. The largest absolute Gasteiger partial charge is 0.380 e. The van der Waals surface area contributed by atoms with Crippen molar-refractivity contribution in [2.75, 3.05) is 33.3 Å². The van der Waals surface area contributed by atoms with Crippen LogP contribution in [-0.4, -0.2) is 50.3 Å². The summed E-state index contributed by atoms with van der Waals surface area (Å²) in [5.41, 5.74) is 0.549. The minimum Gasteiger partial charge on any atom is -0.380 e. The number of likely N-dealkylation sites (tertiary alicyclic amines) is 1. The Kier molecular flexibility index (Phi) is 4.45. The van der Waals surface area contributed by atoms with Crippen LogP contribution in [-0.2, 0) is 4.74 Å². The molecule has 0 radical (unpaired) electrons. The molecule has 0 saturated carbocycles. The second-order valence-corrected chi connectivity index (χ2v) is 6.52. The van der Waals surface area contributed by atoms with Gasteiger partial charge in [0.25, 0.3) is 0 Å². The van der Waals surface area contributed by atoms with Gasteiger partial charge in [-0.15, -0.1) is 0 Å². The average molecular weight is 240 g/mol. The molecule has 2 fully saturated rings. The monoisotopic (exact) mass is 240 g/mol. The van der Waals surface area contributed by atoms with E-state index in [1.807, 2.05) is 7.11 Å². The first-order chi connectivity index (χ1) is 8.09. The van der Waals surface area contributed by atoms with E-state index in [2.05, 4.69) is 24.1 Å². The zero-order chi connectivity index (χ0) is 12.3. The van der Waals surface area contributed by atoms with Gasteiger partial charge in [0.05, 0.1) is 6.10 Å². The SMILES string of the molecule is COC1CNC(CN2CCCC(C)(C)CC2)C1. The van der Waals surface area contributed by atoms with Crippen LogP contribution in [0.1, 0.15) is 39.5 Å². The Bertz CT molecular complexity index is 242. The van der Waals surface area contributed by atoms with Gasteiger partial charge in [-0.05, 0) is 44.2 Å². The Hall–Kier alpha value is -0.120. The summed E-state index contributed by atoms with van der Waals surface area (Å²) in [5.74, 6) is 0. The first kappa shape index (κ1) is 13.3. The van der Waals surface area contributed by atoms with Crippen molar-refractivity contribution < 1.29 is 4.74 Å². The molecule has 0 amide bonds. The van der Waals surface area contributed by atoms with Crippen molar-refractivity contribution in [3.63, 3.8) is 0 Å². The highest BCUT2D eigenvalue weighted by atomic mass is 16.5. The van der Waals surface area contributed by atoms with Gasteiger partial charge >= 0.3 is 0 Å². The molecule has 2 unspecified atom stereocenters. The molecule has 2 saturated heterocycles. The lowest BCUT2D eigenvalue weighted by molar-refractivity contribution is 0.115. The maximum atomic E-state index is 5.41. The van der Waals surface area contributed by atoms with Crippen LogP contribution in [0.4, 0.5) is 0 Å². The maximum absolute atomic E-state index is 5.41. The third-order valence-corrected chi connectivity index (χ3v) is 4.43. The number of rotatable bonds is 3. The Labute approximate surface area is 106 Å². The molecule has 0 aromatic heterocycles. The van der Waals surface area contributed by atoms with Crippen LogP contribution in [0, 0.1) is 5.41 Å². The van der Waals surface area contributed by atoms with Gasteiger partial charge in [0.2, 0.25) is 0 Å². The van der Waals surface area contributed by atoms with E-state index in [0.717, 1.165) is 6.54 Å². The molecule has 2 rings (SSSR count). The van der Waals surface area contributed by atoms with Crippen molar-refractivity contribution >= 4 is 0 Å². The molecule has 0 aromatic carbocycles. The highest BCUT2D eigenvalue weighted by Gasteiger charge is 2.28. The highest BCUT2D eigenvalue weighted by molar-refractivity contribution is 4.86. The number of hydrogen-bond donors (Lipinski definition) is 1. The van der Waals surface area contributed by atoms with E-state index in [9.17, 15) is 0 Å². The van der Waals surface area contributed by atoms with Gasteiger partial charge in [0.15, 0.2) is 0 Å². The van der Waals surface area contributed by atoms with E-state index < -0.39 is 0 Å². The first-order valence-electron chi connectivity index (χ1n) is 7.07. The Balaban J connectivity index is 1.76. The van der Waals surface area contributed by atoms with Gasteiger partial charge in [-0.1, -0.05) is 13.8 Å². The fraction of sp³-hybridized carbons (Fsp3) is 1.00. The van der Waals surface area contributed by atoms with E-state index in [0.29, 0.717) is 17.6 Å². The summed E-state index contributed by atoms with van der Waals surface area (Å²) in [6.07, 6.45) is 5.68. The fourth-order valence-electron chi connectivity index (χ4n) is 3.07. The molecule has 0 spiro atoms. The van der Waals surface area contributed by atoms with Crippen LogP contribution in [0.3, 0.4) is 0 Å². The lowest BCUT2D eigenvalue weighted by Gasteiger charge is -2.25. The van der Waals surface area contributed by atoms with Crippen molar-refractivity contribution in [3.8, 4) is 0 Å². The van der Waals surface area contributed by atoms with Crippen LogP contribution in [0.5, 0.6) is 0 Å². The summed E-state index contributed by atoms with van der Waals surface area (Å²) in [4.78, 5) is 2.64. The predicted molar refractivity (Wildman–Crippen MR) is 71.3 cm³/mol. The lowest BCUT2D eigenvalue weighted by Crippen LogP contribution is -2.38. The molecule has 17 heavy (non-hydrogen) atoms. The number of nitrogens with one attached hydrogen (secondary N) is 1. The Morgan fingerprint density at radius 3 is 2.82 bits per heavy atom. The molecule has 0 aromatic rings. The number of hydrogen-bond acceptors (Lipinski definition) is 3. The molecule has 1 N–H and O–H groups in total. The third kappa shape index (κ3) is 3.94. The molecule has 3 heteroatoms. The standard InChI is InChI=1S/C14H28N2O/c1-14(2)5-4-7-16(8-6-14)11-12-9-13(17-3)10-15-12/h12-13,15H,4-11H2,1-3H3. The molecule has 2 aliphatic rings. The minimum absolute atomic E-state index is 0.434. The van der Waals surface area contributed by atoms with Crippen LogP contribution < -0.4 is 5.32 Å². The minimum atomic E-state index is 0.434. The molecule has 2 aliphatic heterocycles. The average Bonchev–Trinajstić information content (AvgIpc) is 2.66. The number of methoxy groups -OCH3 is 1. The van der Waals surface area contributed by atoms with Crippen molar-refractivity contribution in [1.82, 2.24) is 10.2 Å². The molecule has 2 atom stereocenters. The van der Waals surface area contributed by atoms with Gasteiger partial charge in [0, 0.05) is 26.2 Å². The Morgan fingerprint density at radius 2 is 2.12 bits per heavy atom. The molecule has 0 aliphatic carbocycles. The highest BCUT2D eigenvalue weighted by Crippen LogP contribution is 2.29. The van der Waals surface area contributed by atoms with Crippen LogP contribution in [0.2, 0.25) is 0 Å². The quantitative estimate of drug-likeness (QED) is 0.815. The van der Waals surface area contributed by atoms with Crippen LogP contribution >= 0.6 is 0 Å². The second kappa shape index (κ2) is 5.68. The topological polar surface area (TPSA) is 24.5 Å². The fourth-order valence-corrected chi connectivity index (χ4v) is 3.07. The first-order valence-corrected chi connectivity index (χ1v) is 7.07. The predicted octanol–water partition coefficient (Wildman–Crippen LogP) is 1.88. The Morgan fingerprint density at radius 1 is 1.29 bits per heavy atom. The van der Waals surface area contributed by atoms with Crippen molar-refractivity contribution in [2.24, 2.45) is 5.41 Å². The van der Waals surface area contributed by atoms with Crippen molar-refractivity contribution in [1.29, 1.82) is 0 Å². The van der Waals surface area contributed by atoms with Crippen molar-refractivity contribution in [3.05, 3.63) is 0 Å². The summed E-state index contributed by atoms with van der Waals surface area (Å²) in [6.45, 7) is 9.59. The van der Waals surface area contributed by atoms with Gasteiger partial charge in [0.1, 0.15) is 0 Å². The summed E-state index contributed by atoms with van der Waals surface area (Å²) in [7, 11) is 1.82. The summed E-state index contributed by atoms with van der Waals surface area (Å²) >= 11 is 0. The zero-order valence-corrected chi connectivity index (χ0v) is 11.7. The van der Waals surface area contributed by atoms with Crippen molar-refractivity contribution in [2.45, 2.75) is 51.7 Å². The lowest BCUT2D eigenvalue weighted by atomic mass is 9.85. The van der Waals surface area contributed by atoms with Gasteiger partial charge in [-0.25, -0.2) is 0 Å². The molecular formula is C14H28N2O. The summed E-state index contributed by atoms with van der Waals surface area (Å²) < 4.78 is 5.41. The molecule has 100 valence electrons. The summed E-state index contributed by atoms with van der Waals surface area (Å²) in [6, 6.07) is 0.640. The smallest absolute Gasteiger partial charge is 0.0711 e. The van der Waals surface area contributed by atoms with E-state index >= 15 is 0 Å². The van der Waals surface area contributed by atoms with Gasteiger partial charge in [-0.3, -0.25) is 0 Å². The van der Waals surface area contributed by atoms with Crippen LogP contribution in [0.25, 0.3) is 0 Å². The van der Waals surface area contributed by atoms with E-state index in [1.54, 1.807) is 0 Å². The number of nitrogens with zero attached hydrogens (tertiary/aromatic N) is 1. The van der Waals surface area contributed by atoms with Gasteiger partial charge in [-0.2, -0.15) is 0 Å². The third-order valence-electron chi connectivity index (χ3n) is 4.43. The molecule has 3 nitrogen and oxygen atoms in total.